The average molecular weight is 650 g/mol. The second-order valence-corrected chi connectivity index (χ2v) is 12.1. The van der Waals surface area contributed by atoms with Crippen LogP contribution in [0.3, 0.4) is 0 Å². The summed E-state index contributed by atoms with van der Waals surface area (Å²) in [5, 5.41) is 12.6. The molecule has 3 rings (SSSR count). The van der Waals surface area contributed by atoms with E-state index in [1.165, 1.54) is 23.1 Å². The van der Waals surface area contributed by atoms with E-state index in [1.807, 2.05) is 44.2 Å². The van der Waals surface area contributed by atoms with Gasteiger partial charge in [-0.25, -0.2) is 0 Å². The number of nitrogens with zero attached hydrogens (tertiary/aromatic N) is 2. The molecule has 2 N–H and O–H groups in total. The molecular formula is C34H46F3N3O6. The van der Waals surface area contributed by atoms with Gasteiger partial charge in [0.05, 0.1) is 43.3 Å². The maximum Gasteiger partial charge on any atom is 0.389 e. The fourth-order valence-electron chi connectivity index (χ4n) is 5.22. The van der Waals surface area contributed by atoms with Crippen LogP contribution in [0.15, 0.2) is 48.5 Å². The highest BCUT2D eigenvalue weighted by Gasteiger charge is 2.31. The summed E-state index contributed by atoms with van der Waals surface area (Å²) >= 11 is 0. The number of rotatable bonds is 9. The fraction of sp³-hybridized carbons (Fsp3) is 0.559. The summed E-state index contributed by atoms with van der Waals surface area (Å²) in [4.78, 5) is 42.6. The van der Waals surface area contributed by atoms with Gasteiger partial charge in [-0.15, -0.1) is 0 Å². The van der Waals surface area contributed by atoms with E-state index in [2.05, 4.69) is 5.32 Å². The van der Waals surface area contributed by atoms with Crippen molar-refractivity contribution in [3.05, 3.63) is 59.7 Å². The van der Waals surface area contributed by atoms with Gasteiger partial charge in [-0.1, -0.05) is 37.3 Å². The number of alkyl halides is 3. The summed E-state index contributed by atoms with van der Waals surface area (Å²) in [5.74, 6) is -1.37. The van der Waals surface area contributed by atoms with Crippen molar-refractivity contribution in [2.75, 3.05) is 38.7 Å². The minimum Gasteiger partial charge on any atom is -0.490 e. The molecule has 9 nitrogen and oxygen atoms in total. The molecule has 3 amide bonds. The Hall–Kier alpha value is -3.64. The molecule has 0 bridgehead atoms. The number of hydrogen-bond acceptors (Lipinski definition) is 6. The number of benzene rings is 2. The molecule has 0 unspecified atom stereocenters. The number of anilines is 1. The Bertz CT molecular complexity index is 1290. The van der Waals surface area contributed by atoms with E-state index in [4.69, 9.17) is 9.47 Å². The lowest BCUT2D eigenvalue weighted by atomic mass is 10.0. The van der Waals surface area contributed by atoms with Crippen LogP contribution < -0.4 is 10.1 Å². The van der Waals surface area contributed by atoms with E-state index in [1.54, 1.807) is 18.9 Å². The molecule has 254 valence electrons. The van der Waals surface area contributed by atoms with Crippen LogP contribution in [0.1, 0.15) is 68.8 Å². The highest BCUT2D eigenvalue weighted by molar-refractivity contribution is 5.99. The molecule has 46 heavy (non-hydrogen) atoms. The Labute approximate surface area is 269 Å². The Morgan fingerprint density at radius 1 is 1.13 bits per heavy atom. The summed E-state index contributed by atoms with van der Waals surface area (Å²) in [7, 11) is 1.73. The smallest absolute Gasteiger partial charge is 0.389 e. The molecular weight excluding hydrogens is 603 g/mol. The Kier molecular flexibility index (Phi) is 13.9. The maximum atomic E-state index is 14.2. The Morgan fingerprint density at radius 3 is 2.52 bits per heavy atom. The molecule has 0 fully saturated rings. The van der Waals surface area contributed by atoms with Crippen LogP contribution in [0.25, 0.3) is 0 Å². The molecule has 1 aliphatic heterocycles. The quantitative estimate of drug-likeness (QED) is 0.374. The Morgan fingerprint density at radius 2 is 1.85 bits per heavy atom. The first kappa shape index (κ1) is 36.8. The molecule has 0 saturated carbocycles. The van der Waals surface area contributed by atoms with E-state index in [0.717, 1.165) is 18.4 Å². The predicted molar refractivity (Wildman–Crippen MR) is 169 cm³/mol. The number of carbonyl (C=O) groups excluding carboxylic acids is 3. The molecule has 1 heterocycles. The summed E-state index contributed by atoms with van der Waals surface area (Å²) in [6, 6.07) is 13.2. The zero-order valence-corrected chi connectivity index (χ0v) is 27.0. The van der Waals surface area contributed by atoms with Crippen LogP contribution in [0, 0.1) is 5.92 Å². The zero-order chi connectivity index (χ0) is 33.9. The second-order valence-electron chi connectivity index (χ2n) is 12.1. The van der Waals surface area contributed by atoms with Gasteiger partial charge in [0.2, 0.25) is 11.8 Å². The van der Waals surface area contributed by atoms with Crippen LogP contribution in [0.2, 0.25) is 0 Å². The molecule has 0 saturated heterocycles. The molecule has 1 aliphatic rings. The molecule has 4 atom stereocenters. The molecule has 0 aliphatic carbocycles. The number of hydrogen-bond donors (Lipinski definition) is 2. The van der Waals surface area contributed by atoms with E-state index in [-0.39, 0.29) is 54.5 Å². The van der Waals surface area contributed by atoms with E-state index >= 15 is 0 Å². The number of likely N-dealkylation sites (N-methyl/N-ethyl adjacent to an activating group) is 1. The minimum atomic E-state index is -4.47. The third-order valence-electron chi connectivity index (χ3n) is 8.05. The standard InChI is InChI=1S/C34H46F3N3O6/c1-23-20-40(24(2)22-41)33(44)28-19-27(38-31(42)15-16-34(35,36)37)13-14-29(28)46-25(3)10-8-9-17-45-30(23)21-39(4)32(43)18-26-11-6-5-7-12-26/h5-7,11-14,19,23-25,30,41H,8-10,15-18,20-22H2,1-4H3,(H,38,42)/t23-,24+,25-,30-/m0/s1. The van der Waals surface area contributed by atoms with Gasteiger partial charge in [0.1, 0.15) is 5.75 Å². The SMILES string of the molecule is C[C@H](CO)N1C[C@H](C)[C@H](CN(C)C(=O)Cc2ccccc2)OCCCC[C@H](C)Oc2ccc(NC(=O)CCC(F)(F)F)cc2C1=O. The van der Waals surface area contributed by atoms with Crippen molar-refractivity contribution in [1.29, 1.82) is 0 Å². The van der Waals surface area contributed by atoms with Gasteiger partial charge in [0.15, 0.2) is 0 Å². The maximum absolute atomic E-state index is 14.2. The van der Waals surface area contributed by atoms with Gasteiger partial charge in [0, 0.05) is 44.8 Å². The highest BCUT2D eigenvalue weighted by Crippen LogP contribution is 2.29. The number of aliphatic hydroxyl groups is 1. The number of halogens is 3. The largest absolute Gasteiger partial charge is 0.490 e. The number of ether oxygens (including phenoxy) is 2. The van der Waals surface area contributed by atoms with Gasteiger partial charge in [-0.3, -0.25) is 14.4 Å². The van der Waals surface area contributed by atoms with Crippen molar-refractivity contribution in [3.8, 4) is 5.75 Å². The van der Waals surface area contributed by atoms with Gasteiger partial charge in [0.25, 0.3) is 5.91 Å². The number of nitrogens with one attached hydrogen (secondary N) is 1. The number of aliphatic hydroxyl groups excluding tert-OH is 1. The molecule has 12 heteroatoms. The van der Waals surface area contributed by atoms with Crippen molar-refractivity contribution < 1.29 is 42.1 Å². The first-order chi connectivity index (χ1) is 21.8. The monoisotopic (exact) mass is 649 g/mol. The van der Waals surface area contributed by atoms with Crippen molar-refractivity contribution in [1.82, 2.24) is 9.80 Å². The minimum absolute atomic E-state index is 0.0669. The lowest BCUT2D eigenvalue weighted by molar-refractivity contribution is -0.142. The van der Waals surface area contributed by atoms with Crippen LogP contribution in [-0.2, 0) is 20.7 Å². The van der Waals surface area contributed by atoms with Crippen LogP contribution in [-0.4, -0.2) is 90.4 Å². The zero-order valence-electron chi connectivity index (χ0n) is 27.0. The second kappa shape index (κ2) is 17.3. The molecule has 2 aromatic rings. The average Bonchev–Trinajstić information content (AvgIpc) is 3.01. The fourth-order valence-corrected chi connectivity index (χ4v) is 5.22. The van der Waals surface area contributed by atoms with Crippen LogP contribution in [0.5, 0.6) is 5.75 Å². The first-order valence-corrected chi connectivity index (χ1v) is 15.8. The van der Waals surface area contributed by atoms with Crippen LogP contribution in [0.4, 0.5) is 18.9 Å². The van der Waals surface area contributed by atoms with Crippen molar-refractivity contribution >= 4 is 23.4 Å². The number of fused-ring (bicyclic) bond motifs is 1. The third-order valence-corrected chi connectivity index (χ3v) is 8.05. The van der Waals surface area contributed by atoms with Gasteiger partial charge < -0.3 is 29.7 Å². The van der Waals surface area contributed by atoms with Crippen molar-refractivity contribution in [2.24, 2.45) is 5.92 Å². The van der Waals surface area contributed by atoms with E-state index < -0.39 is 43.0 Å². The lowest BCUT2D eigenvalue weighted by Crippen LogP contribution is -2.48. The lowest BCUT2D eigenvalue weighted by Gasteiger charge is -2.36. The Balaban J connectivity index is 1.88. The van der Waals surface area contributed by atoms with E-state index in [9.17, 15) is 32.7 Å². The molecule has 0 radical (unpaired) electrons. The normalized spacial score (nSPS) is 20.6. The van der Waals surface area contributed by atoms with Gasteiger partial charge >= 0.3 is 6.18 Å². The predicted octanol–water partition coefficient (Wildman–Crippen LogP) is 5.46. The molecule has 0 spiro atoms. The summed E-state index contributed by atoms with van der Waals surface area (Å²) in [6.45, 7) is 6.09. The molecule has 2 aromatic carbocycles. The number of amides is 3. The topological polar surface area (TPSA) is 108 Å². The van der Waals surface area contributed by atoms with E-state index in [0.29, 0.717) is 19.6 Å². The van der Waals surface area contributed by atoms with Gasteiger partial charge in [-0.05, 0) is 56.9 Å². The summed E-state index contributed by atoms with van der Waals surface area (Å²) < 4.78 is 50.4. The van der Waals surface area contributed by atoms with Gasteiger partial charge in [-0.2, -0.15) is 13.2 Å². The summed E-state index contributed by atoms with van der Waals surface area (Å²) in [6.07, 6.45) is -4.73. The third kappa shape index (κ3) is 11.6. The number of carbonyl (C=O) groups is 3. The van der Waals surface area contributed by atoms with Crippen molar-refractivity contribution in [3.63, 3.8) is 0 Å². The van der Waals surface area contributed by atoms with Crippen molar-refractivity contribution in [2.45, 2.75) is 83.7 Å². The first-order valence-electron chi connectivity index (χ1n) is 15.8. The molecule has 0 aromatic heterocycles. The summed E-state index contributed by atoms with van der Waals surface area (Å²) in [5.41, 5.74) is 1.16. The van der Waals surface area contributed by atoms with Crippen LogP contribution >= 0.6 is 0 Å². The highest BCUT2D eigenvalue weighted by atomic mass is 19.4.